The van der Waals surface area contributed by atoms with Gasteiger partial charge >= 0.3 is 33.3 Å². The molecule has 1 aliphatic heterocycles. The number of halogens is 2. The first-order valence-corrected chi connectivity index (χ1v) is 11.7. The standard InChI is InChI=1S/C17H26N5.2ClH.Mn/c1-2-4-16(5-3-1)14-17-15-21-11-10-19-7-6-18-8-9-20-12-13-22-17;;;/h1-5,17H,6-15H2;2*1H;/q-5;;;+2/p-2. The van der Waals surface area contributed by atoms with Crippen LogP contribution >= 0.6 is 20.2 Å². The summed E-state index contributed by atoms with van der Waals surface area (Å²) in [5, 5.41) is 22.7. The molecule has 1 heterocycles. The fourth-order valence-corrected chi connectivity index (χ4v) is 2.38. The summed E-state index contributed by atoms with van der Waals surface area (Å²) >= 11 is 0.00694. The Bertz CT molecular complexity index is 384. The second kappa shape index (κ2) is 17.5. The van der Waals surface area contributed by atoms with Gasteiger partial charge in [-0.1, -0.05) is 30.3 Å². The van der Waals surface area contributed by atoms with E-state index in [2.05, 4.69) is 45.5 Å². The van der Waals surface area contributed by atoms with Crippen LogP contribution in [0, 0.1) is 0 Å². The number of nitrogens with zero attached hydrogens (tertiary/aromatic N) is 5. The predicted molar refractivity (Wildman–Crippen MR) is 106 cm³/mol. The monoisotopic (exact) mass is 425 g/mol. The summed E-state index contributed by atoms with van der Waals surface area (Å²) in [6.45, 7) is 7.22. The molecule has 0 amide bonds. The van der Waals surface area contributed by atoms with Crippen molar-refractivity contribution in [3.63, 3.8) is 0 Å². The van der Waals surface area contributed by atoms with E-state index in [-0.39, 0.29) is 19.2 Å². The van der Waals surface area contributed by atoms with Gasteiger partial charge in [0.1, 0.15) is 0 Å². The summed E-state index contributed by atoms with van der Waals surface area (Å²) in [6, 6.07) is 10.8. The zero-order valence-electron chi connectivity index (χ0n) is 14.4. The van der Waals surface area contributed by atoms with E-state index in [4.69, 9.17) is 25.5 Å². The Morgan fingerprint density at radius 1 is 0.760 bits per heavy atom. The molecule has 2 rings (SSSR count). The maximum absolute atomic E-state index is 4.80. The molecule has 8 heteroatoms. The van der Waals surface area contributed by atoms with Crippen LogP contribution in [0.5, 0.6) is 0 Å². The molecule has 0 saturated carbocycles. The molecule has 1 aliphatic rings. The van der Waals surface area contributed by atoms with E-state index in [9.17, 15) is 0 Å². The number of hydrogen-bond donors (Lipinski definition) is 0. The van der Waals surface area contributed by atoms with Crippen LogP contribution in [0.1, 0.15) is 5.56 Å². The molecule has 0 bridgehead atoms. The Labute approximate surface area is 167 Å². The van der Waals surface area contributed by atoms with Crippen LogP contribution in [-0.4, -0.2) is 64.9 Å². The second-order valence-corrected chi connectivity index (χ2v) is 7.40. The van der Waals surface area contributed by atoms with Gasteiger partial charge in [0.25, 0.3) is 0 Å². The Kier molecular flexibility index (Phi) is 16.2. The van der Waals surface area contributed by atoms with Crippen molar-refractivity contribution in [2.45, 2.75) is 12.5 Å². The van der Waals surface area contributed by atoms with Crippen LogP contribution in [-0.2, 0) is 19.6 Å². The van der Waals surface area contributed by atoms with Crippen LogP contribution in [0.2, 0.25) is 0 Å². The molecule has 0 aliphatic carbocycles. The van der Waals surface area contributed by atoms with Gasteiger partial charge in [-0.2, -0.15) is 64.9 Å². The minimum Gasteiger partial charge on any atom is -0.665 e. The largest absolute Gasteiger partial charge is 0.665 e. The zero-order valence-corrected chi connectivity index (χ0v) is 17.1. The first-order chi connectivity index (χ1) is 12.4. The van der Waals surface area contributed by atoms with Crippen LogP contribution in [0.25, 0.3) is 26.6 Å². The number of rotatable bonds is 2. The van der Waals surface area contributed by atoms with Crippen molar-refractivity contribution in [2.75, 3.05) is 58.9 Å². The van der Waals surface area contributed by atoms with Crippen LogP contribution in [0.4, 0.5) is 0 Å². The Balaban J connectivity index is 0.000000970. The van der Waals surface area contributed by atoms with Crippen molar-refractivity contribution < 1.29 is 13.1 Å². The summed E-state index contributed by atoms with van der Waals surface area (Å²) in [5.41, 5.74) is 1.32. The summed E-state index contributed by atoms with van der Waals surface area (Å²) < 4.78 is 0. The first-order valence-electron chi connectivity index (χ1n) is 8.47. The van der Waals surface area contributed by atoms with E-state index in [1.54, 1.807) is 0 Å². The summed E-state index contributed by atoms with van der Waals surface area (Å²) in [6.07, 6.45) is 0.955. The third-order valence-corrected chi connectivity index (χ3v) is 3.55. The molecule has 25 heavy (non-hydrogen) atoms. The fraction of sp³-hybridized carbons (Fsp3) is 0.647. The van der Waals surface area contributed by atoms with Crippen molar-refractivity contribution in [3.05, 3.63) is 62.5 Å². The Morgan fingerprint density at radius 3 is 1.80 bits per heavy atom. The third kappa shape index (κ3) is 13.9. The maximum Gasteiger partial charge on any atom is -0.0456 e. The van der Waals surface area contributed by atoms with Gasteiger partial charge in [0, 0.05) is 0 Å². The van der Waals surface area contributed by atoms with Gasteiger partial charge in [-0.05, 0) is 12.0 Å². The fourth-order valence-electron chi connectivity index (χ4n) is 2.38. The molecule has 0 aromatic heterocycles. The van der Waals surface area contributed by atoms with Gasteiger partial charge in [0.2, 0.25) is 0 Å². The van der Waals surface area contributed by atoms with Crippen molar-refractivity contribution in [3.8, 4) is 0 Å². The van der Waals surface area contributed by atoms with Gasteiger partial charge in [0.15, 0.2) is 0 Å². The van der Waals surface area contributed by atoms with Crippen LogP contribution in [0.3, 0.4) is 0 Å². The van der Waals surface area contributed by atoms with Crippen LogP contribution in [0.15, 0.2) is 30.3 Å². The van der Waals surface area contributed by atoms with Gasteiger partial charge < -0.3 is 26.6 Å². The minimum absolute atomic E-state index is 0.00694. The SMILES string of the molecule is [Cl][Mn][Cl].c1ccc(CC2C[N-]CC[N-]CC[N-]CC[N-]CC[N-]2)cc1. The van der Waals surface area contributed by atoms with E-state index >= 15 is 0 Å². The topological polar surface area (TPSA) is 70.5 Å². The molecule has 0 radical (unpaired) electrons. The normalized spacial score (nSPS) is 21.3. The molecule has 145 valence electrons. The maximum atomic E-state index is 4.80. The van der Waals surface area contributed by atoms with E-state index in [0.29, 0.717) is 0 Å². The number of benzene rings is 1. The molecule has 0 spiro atoms. The summed E-state index contributed by atoms with van der Waals surface area (Å²) in [7, 11) is 9.59. The summed E-state index contributed by atoms with van der Waals surface area (Å²) in [4.78, 5) is 0. The average molecular weight is 426 g/mol. The second-order valence-electron chi connectivity index (χ2n) is 5.45. The third-order valence-electron chi connectivity index (χ3n) is 3.55. The van der Waals surface area contributed by atoms with Crippen molar-refractivity contribution in [2.24, 2.45) is 0 Å². The molecule has 1 atom stereocenters. The van der Waals surface area contributed by atoms with Crippen LogP contribution < -0.4 is 0 Å². The smallest absolute Gasteiger partial charge is 0.0456 e. The van der Waals surface area contributed by atoms with E-state index in [1.165, 1.54) is 5.56 Å². The molecule has 1 fully saturated rings. The van der Waals surface area contributed by atoms with Crippen molar-refractivity contribution in [1.82, 2.24) is 0 Å². The quantitative estimate of drug-likeness (QED) is 0.607. The molecule has 1 saturated heterocycles. The van der Waals surface area contributed by atoms with Gasteiger partial charge in [-0.15, -0.1) is 0 Å². The van der Waals surface area contributed by atoms with E-state index in [0.717, 1.165) is 65.3 Å². The van der Waals surface area contributed by atoms with Crippen molar-refractivity contribution in [1.29, 1.82) is 0 Å². The molecule has 1 aromatic carbocycles. The Morgan fingerprint density at radius 2 is 1.24 bits per heavy atom. The molecular formula is C17H26Cl2MnN5-5. The molecule has 1 unspecified atom stereocenters. The molecular weight excluding hydrogens is 400 g/mol. The van der Waals surface area contributed by atoms with Gasteiger partial charge in [-0.25, -0.2) is 0 Å². The van der Waals surface area contributed by atoms with E-state index in [1.807, 2.05) is 6.07 Å². The zero-order chi connectivity index (χ0) is 18.0. The van der Waals surface area contributed by atoms with E-state index < -0.39 is 0 Å². The first kappa shape index (κ1) is 23.2. The van der Waals surface area contributed by atoms with Gasteiger partial charge in [-0.3, -0.25) is 0 Å². The molecule has 1 aromatic rings. The Hall–Kier alpha value is 0.119. The minimum atomic E-state index is 0.00694. The predicted octanol–water partition coefficient (Wildman–Crippen LogP) is 4.86. The number of hydrogen-bond acceptors (Lipinski definition) is 0. The molecule has 0 N–H and O–H groups in total. The van der Waals surface area contributed by atoms with Crippen molar-refractivity contribution >= 4 is 20.2 Å². The molecule has 5 nitrogen and oxygen atoms in total. The average Bonchev–Trinajstić information content (AvgIpc) is 2.63. The summed E-state index contributed by atoms with van der Waals surface area (Å²) in [5.74, 6) is 0. The van der Waals surface area contributed by atoms with Gasteiger partial charge in [0.05, 0.1) is 0 Å².